The summed E-state index contributed by atoms with van der Waals surface area (Å²) in [5.41, 5.74) is 10.1. The van der Waals surface area contributed by atoms with Crippen LogP contribution in [0.1, 0.15) is 22.3 Å². The van der Waals surface area contributed by atoms with Gasteiger partial charge in [0.05, 0.1) is 79.3 Å². The molecule has 0 unspecified atom stereocenters. The molecule has 0 fully saturated rings. The van der Waals surface area contributed by atoms with Crippen LogP contribution in [0.15, 0.2) is 207 Å². The van der Waals surface area contributed by atoms with Crippen LogP contribution in [-0.4, -0.2) is 106 Å². The predicted molar refractivity (Wildman–Crippen MR) is 365 cm³/mol. The Morgan fingerprint density at radius 1 is 0.191 bits per heavy atom. The molecule has 0 atom stereocenters. The maximum atomic E-state index is 9.87. The van der Waals surface area contributed by atoms with Crippen molar-refractivity contribution < 1.29 is 166 Å². The number of fused-ring (bicyclic) bond motifs is 26. The van der Waals surface area contributed by atoms with Crippen LogP contribution in [-0.2, 0) is 54.6 Å². The molecule has 42 heteroatoms. The molecule has 0 spiro atoms. The minimum atomic E-state index is -10.7. The molecule has 0 N–H and O–H groups in total. The summed E-state index contributed by atoms with van der Waals surface area (Å²) in [7, 11) is -42.6. The third kappa shape index (κ3) is 50.0. The summed E-state index contributed by atoms with van der Waals surface area (Å²) in [5.74, 6) is 3.09. The molecule has 18 aliphatic heterocycles. The fourth-order valence-electron chi connectivity index (χ4n) is 9.34. The standard InChI is InChI=1S/C36H32N4.C32H42O10.4F6P/c1-2-30-4-3-29(1)25-37-17-9-33(10-18-37)35-13-21-39(22-14-35)27-31-5-7-32(8-6-31)28-40-23-15-36(16-24-40)34-11-19-38(26-30)20-12-34;1-3-31-25-28-26-32(4-2-27(1)28)42-24-20-38-16-12-34-10-14-36-18-22-40-30-7-5-29(6-8-30)39-21-17-35-13-9-33-11-15-37-19-23-41-31;4*1-7(2,3,4,5)6/h1-24H,25-28H2;1-8,25-26H,9-24H2;;;;/q+4;;4*-1. The largest absolute Gasteiger partial charge is 0.491 e. The molecule has 22 heterocycles. The summed E-state index contributed by atoms with van der Waals surface area (Å²) in [6, 6.07) is 55.0. The average Bonchev–Trinajstić information content (AvgIpc) is 0.804. The smallest absolute Gasteiger partial charge is 0.173 e. The molecule has 5 aromatic carbocycles. The molecule has 614 valence electrons. The van der Waals surface area contributed by atoms with Crippen molar-refractivity contribution >= 4 is 42.0 Å². The van der Waals surface area contributed by atoms with E-state index in [0.29, 0.717) is 106 Å². The summed E-state index contributed by atoms with van der Waals surface area (Å²) in [6.07, 6.45) is 17.4. The van der Waals surface area contributed by atoms with Gasteiger partial charge in [0, 0.05) is 70.8 Å². The summed E-state index contributed by atoms with van der Waals surface area (Å²) in [4.78, 5) is 0. The van der Waals surface area contributed by atoms with Crippen molar-refractivity contribution in [3.05, 3.63) is 230 Å². The van der Waals surface area contributed by atoms with Gasteiger partial charge in [-0.1, -0.05) is 60.7 Å². The van der Waals surface area contributed by atoms with Gasteiger partial charge in [-0.15, -0.1) is 0 Å². The Labute approximate surface area is 613 Å². The van der Waals surface area contributed by atoms with Gasteiger partial charge in [-0.25, -0.2) is 18.3 Å². The van der Waals surface area contributed by atoms with Crippen molar-refractivity contribution in [1.82, 2.24) is 0 Å². The minimum absolute atomic E-state index is 0.453. The maximum absolute atomic E-state index is 10.7. The van der Waals surface area contributed by atoms with Gasteiger partial charge in [0.25, 0.3) is 0 Å². The molecule has 4 aromatic heterocycles. The first-order valence-corrected chi connectivity index (χ1v) is 40.5. The molecule has 18 aliphatic rings. The number of hydrogen-bond donors (Lipinski definition) is 0. The van der Waals surface area contributed by atoms with Crippen LogP contribution < -0.4 is 37.2 Å². The first-order chi connectivity index (χ1) is 50.4. The average molecular weight is 1690 g/mol. The van der Waals surface area contributed by atoms with Crippen LogP contribution in [0, 0.1) is 0 Å². The molecule has 0 aliphatic carbocycles. The Morgan fingerprint density at radius 3 is 0.545 bits per heavy atom. The summed E-state index contributed by atoms with van der Waals surface area (Å²) < 4.78 is 302. The van der Waals surface area contributed by atoms with Crippen molar-refractivity contribution in [2.75, 3.05) is 106 Å². The third-order valence-electron chi connectivity index (χ3n) is 13.8. The van der Waals surface area contributed by atoms with Crippen molar-refractivity contribution in [3.8, 4) is 45.3 Å². The van der Waals surface area contributed by atoms with E-state index in [-0.39, 0.29) is 0 Å². The molecule has 27 rings (SSSR count). The van der Waals surface area contributed by atoms with Gasteiger partial charge in [-0.05, 0) is 81.6 Å². The quantitative estimate of drug-likeness (QED) is 0.0630. The van der Waals surface area contributed by atoms with E-state index in [4.69, 9.17) is 47.4 Å². The molecule has 0 saturated heterocycles. The van der Waals surface area contributed by atoms with Crippen molar-refractivity contribution in [2.45, 2.75) is 26.2 Å². The molecule has 14 nitrogen and oxygen atoms in total. The Morgan fingerprint density at radius 2 is 0.355 bits per heavy atom. The molecular formula is C68H74F24N4O10P4. The first kappa shape index (κ1) is 90.8. The van der Waals surface area contributed by atoms with Crippen LogP contribution in [0.5, 0.6) is 23.0 Å². The van der Waals surface area contributed by atoms with E-state index < -0.39 is 31.2 Å². The fourth-order valence-corrected chi connectivity index (χ4v) is 9.34. The van der Waals surface area contributed by atoms with Crippen molar-refractivity contribution in [1.29, 1.82) is 0 Å². The third-order valence-corrected chi connectivity index (χ3v) is 13.8. The fraction of sp³-hybridized carbons (Fsp3) is 0.294. The zero-order valence-corrected chi connectivity index (χ0v) is 61.1. The second kappa shape index (κ2) is 34.9. The SMILES string of the molecule is F[P-](F)(F)(F)(F)F.F[P-](F)(F)(F)(F)F.F[P-](F)(F)(F)(F)F.F[P-](F)(F)(F)(F)F.c1cc2ccc1C[n+]1ccc(cc1)-c1cc[n+](cc1)Cc1ccc(cc1)C[n+]1ccc(cc1)-c1cc[n+](cc1)C2.c1cc2ccc1OCCOCCOCCOCCOc1ccc3ccc(cc3c1)OCCOCCOCCOCCO2. The van der Waals surface area contributed by atoms with Crippen LogP contribution in [0.3, 0.4) is 0 Å². The normalized spacial score (nSPS) is 17.6. The minimum Gasteiger partial charge on any atom is -0.491 e. The number of hydrogen-bond acceptors (Lipinski definition) is 10. The topological polar surface area (TPSA) is 108 Å². The molecule has 0 saturated carbocycles. The molecule has 9 aromatic rings. The van der Waals surface area contributed by atoms with Gasteiger partial charge in [-0.3, -0.25) is 0 Å². The number of halogens is 24. The Hall–Kier alpha value is -8.04. The monoisotopic (exact) mass is 1690 g/mol. The van der Waals surface area contributed by atoms with Crippen LogP contribution in [0.2, 0.25) is 0 Å². The molecule has 0 amide bonds. The molecular weight excluding hydrogens is 1610 g/mol. The van der Waals surface area contributed by atoms with E-state index in [0.717, 1.165) is 59.9 Å². The number of ether oxygens (including phenoxy) is 10. The Bertz CT molecular complexity index is 3830. The van der Waals surface area contributed by atoms with Crippen LogP contribution in [0.25, 0.3) is 33.0 Å². The van der Waals surface area contributed by atoms with Crippen molar-refractivity contribution in [3.63, 3.8) is 0 Å². The second-order valence-corrected chi connectivity index (χ2v) is 31.4. The van der Waals surface area contributed by atoms with Gasteiger partial charge in [-0.2, -0.15) is 0 Å². The zero-order chi connectivity index (χ0) is 81.3. The predicted octanol–water partition coefficient (Wildman–Crippen LogP) is 22.4. The Kier molecular flexibility index (Phi) is 28.8. The number of pyridine rings is 4. The second-order valence-electron chi connectivity index (χ2n) is 23.7. The summed E-state index contributed by atoms with van der Waals surface area (Å²) in [6.45, 7) is 11.1. The van der Waals surface area contributed by atoms with Gasteiger partial charge < -0.3 is 47.4 Å². The van der Waals surface area contributed by atoms with E-state index >= 15 is 0 Å². The van der Waals surface area contributed by atoms with Crippen LogP contribution >= 0.6 is 31.2 Å². The first-order valence-electron chi connectivity index (χ1n) is 32.4. The van der Waals surface area contributed by atoms with Crippen molar-refractivity contribution in [2.24, 2.45) is 0 Å². The van der Waals surface area contributed by atoms with E-state index in [1.807, 2.05) is 60.7 Å². The zero-order valence-electron chi connectivity index (χ0n) is 57.5. The molecule has 110 heavy (non-hydrogen) atoms. The number of aromatic nitrogens is 4. The van der Waals surface area contributed by atoms with Crippen LogP contribution in [0.4, 0.5) is 101 Å². The molecule has 0 radical (unpaired) electrons. The van der Waals surface area contributed by atoms with Gasteiger partial charge in [0.2, 0.25) is 0 Å². The van der Waals surface area contributed by atoms with Gasteiger partial charge >= 0.3 is 132 Å². The Balaban J connectivity index is 0.000000255. The van der Waals surface area contributed by atoms with E-state index in [1.165, 1.54) is 44.5 Å². The number of rotatable bonds is 0. The van der Waals surface area contributed by atoms with Gasteiger partial charge in [0.1, 0.15) is 49.4 Å². The summed E-state index contributed by atoms with van der Waals surface area (Å²) >= 11 is 0. The maximum Gasteiger partial charge on any atom is 0.173 e. The van der Waals surface area contributed by atoms with Gasteiger partial charge in [0.15, 0.2) is 75.8 Å². The molecule has 17 bridgehead atoms. The van der Waals surface area contributed by atoms with E-state index in [9.17, 15) is 101 Å². The van der Waals surface area contributed by atoms with E-state index in [1.54, 1.807) is 0 Å². The number of benzene rings is 5. The van der Waals surface area contributed by atoms with E-state index in [2.05, 4.69) is 165 Å². The summed E-state index contributed by atoms with van der Waals surface area (Å²) in [5, 5.41) is 2.16. The number of nitrogens with zero attached hydrogens (tertiary/aromatic N) is 4.